The zero-order valence-corrected chi connectivity index (χ0v) is 10.5. The Labute approximate surface area is 96.3 Å². The molecule has 0 radical (unpaired) electrons. The zero-order chi connectivity index (χ0) is 12.5. The summed E-state index contributed by atoms with van der Waals surface area (Å²) in [5.41, 5.74) is 0.712. The molecule has 0 bridgehead atoms. The van der Waals surface area contributed by atoms with Gasteiger partial charge in [0.1, 0.15) is 0 Å². The molecular formula is C12H19NO3. The molecule has 1 heterocycles. The predicted molar refractivity (Wildman–Crippen MR) is 60.4 cm³/mol. The summed E-state index contributed by atoms with van der Waals surface area (Å²) in [6, 6.07) is 0. The molecule has 0 aromatic rings. The summed E-state index contributed by atoms with van der Waals surface area (Å²) in [7, 11) is 1.65. The number of ether oxygens (including phenoxy) is 1. The minimum absolute atomic E-state index is 0.0587. The third-order valence-electron chi connectivity index (χ3n) is 2.60. The number of carbonyl (C=O) groups is 2. The van der Waals surface area contributed by atoms with Gasteiger partial charge in [0, 0.05) is 12.6 Å². The van der Waals surface area contributed by atoms with Crippen LogP contribution < -0.4 is 0 Å². The highest BCUT2D eigenvalue weighted by molar-refractivity contribution is 5.96. The number of hydrogen-bond donors (Lipinski definition) is 0. The number of esters is 1. The summed E-state index contributed by atoms with van der Waals surface area (Å²) in [6.45, 7) is 7.44. The number of rotatable bonds is 3. The lowest BCUT2D eigenvalue weighted by Crippen LogP contribution is -2.35. The van der Waals surface area contributed by atoms with Crippen LogP contribution in [0.4, 0.5) is 0 Å². The second kappa shape index (κ2) is 4.68. The van der Waals surface area contributed by atoms with E-state index in [2.05, 4.69) is 0 Å². The van der Waals surface area contributed by atoms with Crippen molar-refractivity contribution in [2.45, 2.75) is 33.9 Å². The van der Waals surface area contributed by atoms with Crippen molar-refractivity contribution in [3.8, 4) is 0 Å². The number of likely N-dealkylation sites (N-methyl/N-ethyl adjacent to an activating group) is 1. The summed E-state index contributed by atoms with van der Waals surface area (Å²) >= 11 is 0. The Morgan fingerprint density at radius 3 is 2.31 bits per heavy atom. The molecule has 0 aliphatic carbocycles. The number of nitrogens with zero attached hydrogens (tertiary/aromatic N) is 1. The second-order valence-corrected chi connectivity index (χ2v) is 4.67. The van der Waals surface area contributed by atoms with Gasteiger partial charge < -0.3 is 9.64 Å². The van der Waals surface area contributed by atoms with Crippen molar-refractivity contribution in [1.29, 1.82) is 0 Å². The molecule has 1 amide bonds. The third-order valence-corrected chi connectivity index (χ3v) is 2.60. The second-order valence-electron chi connectivity index (χ2n) is 4.67. The van der Waals surface area contributed by atoms with Gasteiger partial charge in [0.15, 0.2) is 6.23 Å². The zero-order valence-electron chi connectivity index (χ0n) is 10.5. The topological polar surface area (TPSA) is 46.6 Å². The van der Waals surface area contributed by atoms with Gasteiger partial charge in [-0.2, -0.15) is 0 Å². The van der Waals surface area contributed by atoms with Crippen molar-refractivity contribution in [1.82, 2.24) is 4.90 Å². The van der Waals surface area contributed by atoms with Gasteiger partial charge in [0.25, 0.3) is 5.91 Å². The first-order chi connectivity index (χ1) is 7.34. The smallest absolute Gasteiger partial charge is 0.310 e. The van der Waals surface area contributed by atoms with Gasteiger partial charge in [0.2, 0.25) is 0 Å². The molecule has 1 atom stereocenters. The Kier molecular flexibility index (Phi) is 3.73. The Bertz CT molecular complexity index is 331. The van der Waals surface area contributed by atoms with Crippen molar-refractivity contribution >= 4 is 11.9 Å². The number of amides is 1. The standard InChI is InChI=1S/C12H19NO3/c1-7(2)9-6-10(13(5)11(9)14)16-12(15)8(3)4/h6-8,10H,1-5H3. The first-order valence-electron chi connectivity index (χ1n) is 5.54. The van der Waals surface area contributed by atoms with Gasteiger partial charge in [-0.15, -0.1) is 0 Å². The quantitative estimate of drug-likeness (QED) is 0.685. The molecule has 4 nitrogen and oxygen atoms in total. The van der Waals surface area contributed by atoms with Crippen molar-refractivity contribution in [2.75, 3.05) is 7.05 Å². The van der Waals surface area contributed by atoms with Crippen molar-refractivity contribution in [2.24, 2.45) is 11.8 Å². The van der Waals surface area contributed by atoms with Crippen LogP contribution in [0.2, 0.25) is 0 Å². The summed E-state index contributed by atoms with van der Waals surface area (Å²) in [5, 5.41) is 0. The molecule has 1 rings (SSSR count). The van der Waals surface area contributed by atoms with E-state index in [4.69, 9.17) is 4.74 Å². The van der Waals surface area contributed by atoms with E-state index in [0.29, 0.717) is 5.57 Å². The van der Waals surface area contributed by atoms with E-state index in [9.17, 15) is 9.59 Å². The monoisotopic (exact) mass is 225 g/mol. The van der Waals surface area contributed by atoms with E-state index in [0.717, 1.165) is 0 Å². The largest absolute Gasteiger partial charge is 0.437 e. The first kappa shape index (κ1) is 12.7. The molecule has 1 aliphatic heterocycles. The molecular weight excluding hydrogens is 206 g/mol. The maximum atomic E-state index is 11.8. The van der Waals surface area contributed by atoms with Crippen LogP contribution in [0.15, 0.2) is 11.6 Å². The molecule has 0 saturated heterocycles. The number of carbonyl (C=O) groups excluding carboxylic acids is 2. The summed E-state index contributed by atoms with van der Waals surface area (Å²) in [6.07, 6.45) is 1.19. The highest BCUT2D eigenvalue weighted by atomic mass is 16.6. The SMILES string of the molecule is CC(C)C(=O)OC1C=C(C(C)C)C(=O)N1C. The minimum atomic E-state index is -0.542. The molecule has 16 heavy (non-hydrogen) atoms. The molecule has 0 N–H and O–H groups in total. The molecule has 0 saturated carbocycles. The predicted octanol–water partition coefficient (Wildman–Crippen LogP) is 1.57. The molecule has 0 aromatic carbocycles. The van der Waals surface area contributed by atoms with Crippen molar-refractivity contribution in [3.63, 3.8) is 0 Å². The van der Waals surface area contributed by atoms with Crippen LogP contribution in [0, 0.1) is 11.8 Å². The van der Waals surface area contributed by atoms with E-state index in [1.54, 1.807) is 27.0 Å². The fourth-order valence-electron chi connectivity index (χ4n) is 1.46. The highest BCUT2D eigenvalue weighted by Crippen LogP contribution is 2.23. The van der Waals surface area contributed by atoms with Crippen LogP contribution in [0.5, 0.6) is 0 Å². The van der Waals surface area contributed by atoms with Gasteiger partial charge in [-0.25, -0.2) is 0 Å². The summed E-state index contributed by atoms with van der Waals surface area (Å²) in [5.74, 6) is -0.375. The average molecular weight is 225 g/mol. The average Bonchev–Trinajstić information content (AvgIpc) is 2.46. The highest BCUT2D eigenvalue weighted by Gasteiger charge is 2.33. The van der Waals surface area contributed by atoms with Gasteiger partial charge in [-0.3, -0.25) is 9.59 Å². The molecule has 4 heteroatoms. The van der Waals surface area contributed by atoms with Crippen molar-refractivity contribution < 1.29 is 14.3 Å². The van der Waals surface area contributed by atoms with Crippen LogP contribution in [-0.4, -0.2) is 30.1 Å². The Balaban J connectivity index is 2.76. The Hall–Kier alpha value is -1.32. The van der Waals surface area contributed by atoms with E-state index in [-0.39, 0.29) is 23.7 Å². The maximum Gasteiger partial charge on any atom is 0.310 e. The van der Waals surface area contributed by atoms with E-state index < -0.39 is 6.23 Å². The van der Waals surface area contributed by atoms with Crippen LogP contribution in [0.1, 0.15) is 27.7 Å². The van der Waals surface area contributed by atoms with Gasteiger partial charge in [0.05, 0.1) is 5.92 Å². The molecule has 0 fully saturated rings. The molecule has 1 aliphatic rings. The van der Waals surface area contributed by atoms with Crippen LogP contribution in [-0.2, 0) is 14.3 Å². The maximum absolute atomic E-state index is 11.8. The van der Waals surface area contributed by atoms with Gasteiger partial charge in [-0.05, 0) is 12.0 Å². The van der Waals surface area contributed by atoms with Crippen LogP contribution >= 0.6 is 0 Å². The van der Waals surface area contributed by atoms with E-state index in [1.165, 1.54) is 4.90 Å². The van der Waals surface area contributed by atoms with E-state index in [1.807, 2.05) is 13.8 Å². The first-order valence-corrected chi connectivity index (χ1v) is 5.54. The van der Waals surface area contributed by atoms with Gasteiger partial charge in [-0.1, -0.05) is 27.7 Å². The fraction of sp³-hybridized carbons (Fsp3) is 0.667. The fourth-order valence-corrected chi connectivity index (χ4v) is 1.46. The Morgan fingerprint density at radius 1 is 1.38 bits per heavy atom. The normalized spacial score (nSPS) is 20.7. The van der Waals surface area contributed by atoms with Crippen molar-refractivity contribution in [3.05, 3.63) is 11.6 Å². The lowest BCUT2D eigenvalue weighted by molar-refractivity contribution is -0.159. The van der Waals surface area contributed by atoms with Gasteiger partial charge >= 0.3 is 5.97 Å². The lowest BCUT2D eigenvalue weighted by atomic mass is 10.0. The summed E-state index contributed by atoms with van der Waals surface area (Å²) < 4.78 is 5.23. The molecule has 90 valence electrons. The van der Waals surface area contributed by atoms with E-state index >= 15 is 0 Å². The third kappa shape index (κ3) is 2.43. The molecule has 1 unspecified atom stereocenters. The molecule has 0 aromatic heterocycles. The number of hydrogen-bond acceptors (Lipinski definition) is 3. The van der Waals surface area contributed by atoms with Crippen LogP contribution in [0.3, 0.4) is 0 Å². The van der Waals surface area contributed by atoms with Crippen LogP contribution in [0.25, 0.3) is 0 Å². The summed E-state index contributed by atoms with van der Waals surface area (Å²) in [4.78, 5) is 24.7. The molecule has 0 spiro atoms. The lowest BCUT2D eigenvalue weighted by Gasteiger charge is -2.20. The minimum Gasteiger partial charge on any atom is -0.437 e. The Morgan fingerprint density at radius 2 is 1.94 bits per heavy atom.